The number of rotatable bonds is 4. The van der Waals surface area contributed by atoms with E-state index in [1.807, 2.05) is 30.6 Å². The van der Waals surface area contributed by atoms with Crippen molar-refractivity contribution in [2.75, 3.05) is 6.54 Å². The number of imidazole rings is 1. The molecule has 1 aromatic carbocycles. The average molecular weight is 323 g/mol. The monoisotopic (exact) mass is 323 g/mol. The molecule has 2 N–H and O–H groups in total. The predicted molar refractivity (Wildman–Crippen MR) is 91.9 cm³/mol. The lowest BCUT2D eigenvalue weighted by Crippen LogP contribution is -2.28. The van der Waals surface area contributed by atoms with E-state index in [-0.39, 0.29) is 5.91 Å². The van der Waals surface area contributed by atoms with Gasteiger partial charge < -0.3 is 9.88 Å². The van der Waals surface area contributed by atoms with Gasteiger partial charge in [0, 0.05) is 24.3 Å². The summed E-state index contributed by atoms with van der Waals surface area (Å²) in [6.45, 7) is 1.25. The Balaban J connectivity index is 1.41. The number of fused-ring (bicyclic) bond motifs is 2. The molecule has 4 rings (SSSR count). The van der Waals surface area contributed by atoms with Crippen LogP contribution in [0.5, 0.6) is 0 Å². The summed E-state index contributed by atoms with van der Waals surface area (Å²) in [5, 5.41) is 10.3. The Hall–Kier alpha value is -2.63. The molecule has 1 aliphatic carbocycles. The van der Waals surface area contributed by atoms with Crippen molar-refractivity contribution in [3.05, 3.63) is 47.5 Å². The van der Waals surface area contributed by atoms with Gasteiger partial charge in [-0.15, -0.1) is 0 Å². The molecule has 0 bridgehead atoms. The van der Waals surface area contributed by atoms with Crippen LogP contribution >= 0.6 is 0 Å². The number of aromatic amines is 1. The summed E-state index contributed by atoms with van der Waals surface area (Å²) in [4.78, 5) is 16.8. The van der Waals surface area contributed by atoms with E-state index in [1.54, 1.807) is 0 Å². The zero-order valence-electron chi connectivity index (χ0n) is 13.6. The Morgan fingerprint density at radius 3 is 3.04 bits per heavy atom. The molecule has 1 aliphatic rings. The van der Waals surface area contributed by atoms with Crippen LogP contribution in [0, 0.1) is 0 Å². The third kappa shape index (κ3) is 2.79. The fourth-order valence-corrected chi connectivity index (χ4v) is 3.41. The zero-order valence-corrected chi connectivity index (χ0v) is 13.6. The first kappa shape index (κ1) is 14.9. The highest BCUT2D eigenvalue weighted by Gasteiger charge is 2.20. The minimum Gasteiger partial charge on any atom is -0.349 e. The molecular formula is C18H21N5O. The number of H-pyrrole nitrogens is 1. The topological polar surface area (TPSA) is 75.6 Å². The molecule has 6 heteroatoms. The third-order valence-corrected chi connectivity index (χ3v) is 4.69. The van der Waals surface area contributed by atoms with Gasteiger partial charge in [0.2, 0.25) is 0 Å². The molecule has 0 aliphatic heterocycles. The molecule has 2 heterocycles. The first-order valence-corrected chi connectivity index (χ1v) is 8.57. The van der Waals surface area contributed by atoms with Crippen molar-refractivity contribution in [2.45, 2.75) is 38.6 Å². The van der Waals surface area contributed by atoms with Gasteiger partial charge in [-0.25, -0.2) is 4.98 Å². The van der Waals surface area contributed by atoms with E-state index >= 15 is 0 Å². The number of aromatic nitrogens is 4. The first-order chi connectivity index (χ1) is 11.8. The summed E-state index contributed by atoms with van der Waals surface area (Å²) in [7, 11) is 0. The molecule has 6 nitrogen and oxygen atoms in total. The van der Waals surface area contributed by atoms with Gasteiger partial charge in [0.05, 0.1) is 17.4 Å². The number of carbonyl (C=O) groups is 1. The largest absolute Gasteiger partial charge is 0.349 e. The number of nitrogens with zero attached hydrogens (tertiary/aromatic N) is 3. The molecule has 124 valence electrons. The van der Waals surface area contributed by atoms with Gasteiger partial charge in [-0.2, -0.15) is 5.10 Å². The summed E-state index contributed by atoms with van der Waals surface area (Å²) in [5.74, 6) is -0.0844. The van der Waals surface area contributed by atoms with Crippen LogP contribution in [0.1, 0.15) is 41.0 Å². The minimum absolute atomic E-state index is 0.0844. The van der Waals surface area contributed by atoms with Crippen LogP contribution in [0.4, 0.5) is 0 Å². The molecule has 0 spiro atoms. The average Bonchev–Trinajstić information content (AvgIpc) is 3.12. The summed E-state index contributed by atoms with van der Waals surface area (Å²) >= 11 is 0. The summed E-state index contributed by atoms with van der Waals surface area (Å²) in [6.07, 6.45) is 7.28. The van der Waals surface area contributed by atoms with Gasteiger partial charge in [-0.1, -0.05) is 18.6 Å². The zero-order chi connectivity index (χ0) is 16.4. The van der Waals surface area contributed by atoms with Crippen molar-refractivity contribution < 1.29 is 4.79 Å². The highest BCUT2D eigenvalue weighted by molar-refractivity contribution is 5.94. The Morgan fingerprint density at radius 1 is 1.21 bits per heavy atom. The number of nitrogens with one attached hydrogen (secondary N) is 2. The summed E-state index contributed by atoms with van der Waals surface area (Å²) < 4.78 is 2.06. The van der Waals surface area contributed by atoms with Gasteiger partial charge in [0.1, 0.15) is 0 Å². The van der Waals surface area contributed by atoms with E-state index in [9.17, 15) is 4.79 Å². The molecule has 0 saturated carbocycles. The lowest BCUT2D eigenvalue weighted by molar-refractivity contribution is 0.0946. The summed E-state index contributed by atoms with van der Waals surface area (Å²) in [5.41, 5.74) is 4.88. The Labute approximate surface area is 140 Å². The maximum atomic E-state index is 12.5. The highest BCUT2D eigenvalue weighted by Crippen LogP contribution is 2.21. The van der Waals surface area contributed by atoms with E-state index < -0.39 is 0 Å². The number of para-hydroxylation sites is 2. The van der Waals surface area contributed by atoms with Crippen molar-refractivity contribution >= 4 is 16.9 Å². The molecule has 0 saturated heterocycles. The van der Waals surface area contributed by atoms with Gasteiger partial charge in [0.25, 0.3) is 5.91 Å². The third-order valence-electron chi connectivity index (χ3n) is 4.69. The molecule has 0 atom stereocenters. The number of hydrogen-bond acceptors (Lipinski definition) is 3. The Kier molecular flexibility index (Phi) is 4.02. The lowest BCUT2D eigenvalue weighted by atomic mass is 10.1. The molecule has 1 amide bonds. The van der Waals surface area contributed by atoms with E-state index in [0.29, 0.717) is 18.8 Å². The number of amides is 1. The van der Waals surface area contributed by atoms with Crippen LogP contribution in [0.3, 0.4) is 0 Å². The second-order valence-corrected chi connectivity index (χ2v) is 6.27. The molecular weight excluding hydrogens is 302 g/mol. The van der Waals surface area contributed by atoms with Crippen LogP contribution in [-0.4, -0.2) is 32.2 Å². The summed E-state index contributed by atoms with van der Waals surface area (Å²) in [6, 6.07) is 8.00. The van der Waals surface area contributed by atoms with Gasteiger partial charge in [-0.3, -0.25) is 9.89 Å². The minimum atomic E-state index is -0.0844. The van der Waals surface area contributed by atoms with Crippen LogP contribution in [0.2, 0.25) is 0 Å². The van der Waals surface area contributed by atoms with Crippen molar-refractivity contribution in [1.29, 1.82) is 0 Å². The van der Waals surface area contributed by atoms with Crippen LogP contribution < -0.4 is 5.32 Å². The van der Waals surface area contributed by atoms with E-state index in [1.165, 1.54) is 12.8 Å². The van der Waals surface area contributed by atoms with Gasteiger partial charge >= 0.3 is 0 Å². The van der Waals surface area contributed by atoms with Crippen molar-refractivity contribution in [2.24, 2.45) is 0 Å². The quantitative estimate of drug-likeness (QED) is 0.724. The van der Waals surface area contributed by atoms with Crippen molar-refractivity contribution in [3.63, 3.8) is 0 Å². The van der Waals surface area contributed by atoms with Crippen LogP contribution in [0.15, 0.2) is 30.6 Å². The fourth-order valence-electron chi connectivity index (χ4n) is 3.41. The van der Waals surface area contributed by atoms with Crippen molar-refractivity contribution in [1.82, 2.24) is 25.1 Å². The van der Waals surface area contributed by atoms with E-state index in [2.05, 4.69) is 25.1 Å². The molecule has 0 radical (unpaired) electrons. The van der Waals surface area contributed by atoms with Crippen molar-refractivity contribution in [3.8, 4) is 0 Å². The highest BCUT2D eigenvalue weighted by atomic mass is 16.1. The standard InChI is InChI=1S/C18H21N5O/c24-18(17-13-6-2-1-3-7-14(13)21-22-17)19-10-11-23-12-20-15-8-4-5-9-16(15)23/h4-5,8-9,12H,1-3,6-7,10-11H2,(H,19,24)(H,21,22). The molecule has 0 fully saturated rings. The second kappa shape index (κ2) is 6.47. The van der Waals surface area contributed by atoms with Crippen LogP contribution in [-0.2, 0) is 19.4 Å². The van der Waals surface area contributed by atoms with Crippen LogP contribution in [0.25, 0.3) is 11.0 Å². The predicted octanol–water partition coefficient (Wildman–Crippen LogP) is 2.46. The Morgan fingerprint density at radius 2 is 2.08 bits per heavy atom. The smallest absolute Gasteiger partial charge is 0.272 e. The lowest BCUT2D eigenvalue weighted by Gasteiger charge is -2.07. The molecule has 0 unspecified atom stereocenters. The maximum Gasteiger partial charge on any atom is 0.272 e. The Bertz CT molecular complexity index is 863. The number of benzene rings is 1. The number of hydrogen-bond donors (Lipinski definition) is 2. The molecule has 24 heavy (non-hydrogen) atoms. The second-order valence-electron chi connectivity index (χ2n) is 6.27. The van der Waals surface area contributed by atoms with E-state index in [0.717, 1.165) is 41.6 Å². The normalized spacial score (nSPS) is 14.3. The molecule has 2 aromatic heterocycles. The maximum absolute atomic E-state index is 12.5. The first-order valence-electron chi connectivity index (χ1n) is 8.57. The van der Waals surface area contributed by atoms with Gasteiger partial charge in [-0.05, 0) is 37.8 Å². The number of carbonyl (C=O) groups excluding carboxylic acids is 1. The van der Waals surface area contributed by atoms with E-state index in [4.69, 9.17) is 0 Å². The fraction of sp³-hybridized carbons (Fsp3) is 0.389. The molecule has 3 aromatic rings. The van der Waals surface area contributed by atoms with Gasteiger partial charge in [0.15, 0.2) is 5.69 Å². The number of aryl methyl sites for hydroxylation is 1. The SMILES string of the molecule is O=C(NCCn1cnc2ccccc21)c1n[nH]c2c1CCCCC2.